The number of hydrazine groups is 1. The van der Waals surface area contributed by atoms with E-state index in [0.717, 1.165) is 16.1 Å². The highest BCUT2D eigenvalue weighted by molar-refractivity contribution is 7.89. The van der Waals surface area contributed by atoms with E-state index >= 15 is 0 Å². The van der Waals surface area contributed by atoms with Crippen molar-refractivity contribution < 1.29 is 23.1 Å². The number of hydrogen-bond acceptors (Lipinski definition) is 5. The fraction of sp³-hybridized carbons (Fsp3) is 0.391. The monoisotopic (exact) mass is 461 g/mol. The first-order chi connectivity index (χ1) is 14.9. The number of sulfonamides is 1. The Bertz CT molecular complexity index is 1050. The van der Waals surface area contributed by atoms with Gasteiger partial charge in [-0.25, -0.2) is 13.4 Å². The SMILES string of the molecule is CCC(O)(CC)C(=O)NN(C(=O)C(C)NS(=O)(=O)c1ccc(C)cc1)c1ccc(C)cc1. The molecule has 0 saturated carbocycles. The van der Waals surface area contributed by atoms with Gasteiger partial charge in [0.1, 0.15) is 11.6 Å². The van der Waals surface area contributed by atoms with E-state index < -0.39 is 33.5 Å². The van der Waals surface area contributed by atoms with Gasteiger partial charge in [-0.3, -0.25) is 15.0 Å². The number of benzene rings is 2. The number of nitrogens with zero attached hydrogens (tertiary/aromatic N) is 1. The second-order valence-electron chi connectivity index (χ2n) is 7.84. The van der Waals surface area contributed by atoms with Crippen molar-refractivity contribution in [1.29, 1.82) is 0 Å². The molecule has 174 valence electrons. The zero-order valence-corrected chi connectivity index (χ0v) is 19.9. The van der Waals surface area contributed by atoms with E-state index in [1.807, 2.05) is 13.8 Å². The van der Waals surface area contributed by atoms with Gasteiger partial charge in [0.15, 0.2) is 0 Å². The van der Waals surface area contributed by atoms with Crippen molar-refractivity contribution in [3.8, 4) is 0 Å². The molecular formula is C23H31N3O5S. The summed E-state index contributed by atoms with van der Waals surface area (Å²) in [6, 6.07) is 11.8. The van der Waals surface area contributed by atoms with Crippen LogP contribution in [0.5, 0.6) is 0 Å². The number of rotatable bonds is 8. The first kappa shape index (κ1) is 25.5. The molecule has 3 N–H and O–H groups in total. The molecule has 8 nitrogen and oxygen atoms in total. The van der Waals surface area contributed by atoms with E-state index in [0.29, 0.717) is 5.69 Å². The smallest absolute Gasteiger partial charge is 0.270 e. The molecular weight excluding hydrogens is 430 g/mol. The van der Waals surface area contributed by atoms with Gasteiger partial charge in [-0.2, -0.15) is 4.72 Å². The predicted octanol–water partition coefficient (Wildman–Crippen LogP) is 2.59. The average molecular weight is 462 g/mol. The van der Waals surface area contributed by atoms with Crippen LogP contribution < -0.4 is 15.2 Å². The van der Waals surface area contributed by atoms with Crippen LogP contribution in [0.15, 0.2) is 53.4 Å². The maximum atomic E-state index is 13.2. The van der Waals surface area contributed by atoms with Gasteiger partial charge in [-0.05, 0) is 57.9 Å². The molecule has 0 aliphatic heterocycles. The van der Waals surface area contributed by atoms with Gasteiger partial charge >= 0.3 is 0 Å². The molecule has 0 radical (unpaired) electrons. The lowest BCUT2D eigenvalue weighted by molar-refractivity contribution is -0.142. The number of hydrogen-bond donors (Lipinski definition) is 3. The molecule has 0 saturated heterocycles. The molecule has 1 unspecified atom stereocenters. The second kappa shape index (κ2) is 10.2. The maximum absolute atomic E-state index is 13.2. The number of aryl methyl sites for hydroxylation is 2. The van der Waals surface area contributed by atoms with E-state index in [2.05, 4.69) is 10.1 Å². The summed E-state index contributed by atoms with van der Waals surface area (Å²) in [6.07, 6.45) is 0.307. The Kier molecular flexibility index (Phi) is 8.17. The Morgan fingerprint density at radius 3 is 1.91 bits per heavy atom. The number of amides is 2. The summed E-state index contributed by atoms with van der Waals surface area (Å²) in [5, 5.41) is 11.5. The van der Waals surface area contributed by atoms with Gasteiger partial charge in [0.2, 0.25) is 10.0 Å². The van der Waals surface area contributed by atoms with E-state index in [1.165, 1.54) is 19.1 Å². The molecule has 1 atom stereocenters. The Hall–Kier alpha value is -2.75. The molecule has 9 heteroatoms. The van der Waals surface area contributed by atoms with Gasteiger partial charge in [-0.1, -0.05) is 49.2 Å². The summed E-state index contributed by atoms with van der Waals surface area (Å²) >= 11 is 0. The van der Waals surface area contributed by atoms with E-state index in [-0.39, 0.29) is 17.7 Å². The third-order valence-electron chi connectivity index (χ3n) is 5.35. The van der Waals surface area contributed by atoms with Crippen molar-refractivity contribution in [2.45, 2.75) is 64.0 Å². The van der Waals surface area contributed by atoms with Crippen LogP contribution >= 0.6 is 0 Å². The van der Waals surface area contributed by atoms with Gasteiger partial charge < -0.3 is 5.11 Å². The fourth-order valence-corrected chi connectivity index (χ4v) is 4.18. The molecule has 0 heterocycles. The summed E-state index contributed by atoms with van der Waals surface area (Å²) in [6.45, 7) is 8.44. The van der Waals surface area contributed by atoms with Gasteiger partial charge in [0.05, 0.1) is 10.6 Å². The fourth-order valence-electron chi connectivity index (χ4n) is 2.98. The van der Waals surface area contributed by atoms with Crippen LogP contribution in [0.3, 0.4) is 0 Å². The summed E-state index contributed by atoms with van der Waals surface area (Å²) in [5.74, 6) is -1.45. The standard InChI is InChI=1S/C23H31N3O5S/c1-6-23(29,7-2)22(28)24-26(19-12-8-16(3)9-13-19)21(27)18(5)25-32(30,31)20-14-10-17(4)11-15-20/h8-15,18,25,29H,6-7H2,1-5H3,(H,24,28). The normalized spacial score (nSPS) is 12.8. The van der Waals surface area contributed by atoms with E-state index in [1.54, 1.807) is 50.2 Å². The van der Waals surface area contributed by atoms with Crippen LogP contribution in [0.25, 0.3) is 0 Å². The third-order valence-corrected chi connectivity index (χ3v) is 6.91. The Labute approximate surface area is 189 Å². The molecule has 0 aliphatic rings. The van der Waals surface area contributed by atoms with Crippen LogP contribution in [-0.4, -0.2) is 37.0 Å². The van der Waals surface area contributed by atoms with Crippen molar-refractivity contribution in [2.75, 3.05) is 5.01 Å². The number of carbonyl (C=O) groups excluding carboxylic acids is 2. The van der Waals surface area contributed by atoms with Gasteiger partial charge in [0, 0.05) is 0 Å². The minimum absolute atomic E-state index is 0.0278. The number of nitrogens with one attached hydrogen (secondary N) is 2. The predicted molar refractivity (Wildman–Crippen MR) is 123 cm³/mol. The Morgan fingerprint density at radius 2 is 1.44 bits per heavy atom. The van der Waals surface area contributed by atoms with Crippen molar-refractivity contribution in [1.82, 2.24) is 10.1 Å². The average Bonchev–Trinajstić information content (AvgIpc) is 2.76. The molecule has 0 fully saturated rings. The quantitative estimate of drug-likeness (QED) is 0.523. The van der Waals surface area contributed by atoms with Crippen LogP contribution in [-0.2, 0) is 19.6 Å². The molecule has 2 rings (SSSR count). The molecule has 0 bridgehead atoms. The van der Waals surface area contributed by atoms with Crippen molar-refractivity contribution >= 4 is 27.5 Å². The largest absolute Gasteiger partial charge is 0.380 e. The van der Waals surface area contributed by atoms with Crippen molar-refractivity contribution in [3.63, 3.8) is 0 Å². The Morgan fingerprint density at radius 1 is 0.969 bits per heavy atom. The number of aliphatic hydroxyl groups is 1. The zero-order chi connectivity index (χ0) is 24.1. The molecule has 2 amide bonds. The molecule has 0 spiro atoms. The van der Waals surface area contributed by atoms with Crippen LogP contribution in [0.2, 0.25) is 0 Å². The number of carbonyl (C=O) groups is 2. The first-order valence-electron chi connectivity index (χ1n) is 10.5. The molecule has 0 aliphatic carbocycles. The third kappa shape index (κ3) is 5.93. The lowest BCUT2D eigenvalue weighted by atomic mass is 9.97. The summed E-state index contributed by atoms with van der Waals surface area (Å²) < 4.78 is 27.8. The molecule has 0 aromatic heterocycles. The Balaban J connectivity index is 2.33. The van der Waals surface area contributed by atoms with Gasteiger partial charge in [-0.15, -0.1) is 0 Å². The van der Waals surface area contributed by atoms with Crippen LogP contribution in [0.1, 0.15) is 44.7 Å². The minimum atomic E-state index is -3.97. The molecule has 2 aromatic rings. The van der Waals surface area contributed by atoms with E-state index in [4.69, 9.17) is 0 Å². The summed E-state index contributed by atoms with van der Waals surface area (Å²) in [4.78, 5) is 26.0. The topological polar surface area (TPSA) is 116 Å². The molecule has 32 heavy (non-hydrogen) atoms. The number of anilines is 1. The highest BCUT2D eigenvalue weighted by Crippen LogP contribution is 2.19. The maximum Gasteiger partial charge on any atom is 0.270 e. The highest BCUT2D eigenvalue weighted by atomic mass is 32.2. The van der Waals surface area contributed by atoms with Crippen LogP contribution in [0.4, 0.5) is 5.69 Å². The lowest BCUT2D eigenvalue weighted by Crippen LogP contribution is -2.58. The highest BCUT2D eigenvalue weighted by Gasteiger charge is 2.35. The van der Waals surface area contributed by atoms with Crippen molar-refractivity contribution in [2.24, 2.45) is 0 Å². The first-order valence-corrected chi connectivity index (χ1v) is 11.9. The second-order valence-corrected chi connectivity index (χ2v) is 9.56. The summed E-state index contributed by atoms with van der Waals surface area (Å²) in [7, 11) is -3.97. The molecule has 2 aromatic carbocycles. The zero-order valence-electron chi connectivity index (χ0n) is 19.0. The lowest BCUT2D eigenvalue weighted by Gasteiger charge is -2.31. The van der Waals surface area contributed by atoms with Crippen molar-refractivity contribution in [3.05, 3.63) is 59.7 Å². The van der Waals surface area contributed by atoms with E-state index in [9.17, 15) is 23.1 Å². The summed E-state index contributed by atoms with van der Waals surface area (Å²) in [5.41, 5.74) is 3.00. The van der Waals surface area contributed by atoms with Crippen LogP contribution in [0, 0.1) is 13.8 Å². The minimum Gasteiger partial charge on any atom is -0.380 e. The van der Waals surface area contributed by atoms with Gasteiger partial charge in [0.25, 0.3) is 11.8 Å².